The van der Waals surface area contributed by atoms with Gasteiger partial charge in [-0.25, -0.2) is 9.78 Å². The lowest BCUT2D eigenvalue weighted by Crippen LogP contribution is -2.41. The molecule has 3 aromatic heterocycles. The summed E-state index contributed by atoms with van der Waals surface area (Å²) in [7, 11) is 1.93. The summed E-state index contributed by atoms with van der Waals surface area (Å²) >= 11 is 0. The van der Waals surface area contributed by atoms with Crippen LogP contribution in [0.5, 0.6) is 5.75 Å². The van der Waals surface area contributed by atoms with E-state index in [2.05, 4.69) is 25.5 Å². The minimum absolute atomic E-state index is 0.0321. The third-order valence-corrected chi connectivity index (χ3v) is 8.31. The van der Waals surface area contributed by atoms with Crippen molar-refractivity contribution >= 4 is 51.9 Å². The molecule has 3 aliphatic heterocycles. The number of Topliss-reactive ketones (excluding diaryl/α,β-unsaturated/α-hetero) is 1. The van der Waals surface area contributed by atoms with Crippen LogP contribution in [0, 0.1) is 5.92 Å². The Morgan fingerprint density at radius 1 is 1.02 bits per heavy atom. The van der Waals surface area contributed by atoms with Gasteiger partial charge in [0, 0.05) is 80.1 Å². The fourth-order valence-electron chi connectivity index (χ4n) is 6.11. The number of nitrogens with one attached hydrogen (secondary N) is 2. The topological polar surface area (TPSA) is 122 Å². The van der Waals surface area contributed by atoms with Gasteiger partial charge >= 0.3 is 6.03 Å². The summed E-state index contributed by atoms with van der Waals surface area (Å²) in [5.41, 5.74) is 4.02. The minimum Gasteiger partial charge on any atom is -0.452 e. The number of urea groups is 1. The number of pyridine rings is 2. The Balaban J connectivity index is 1.10. The number of hydrogen-bond acceptors (Lipinski definition) is 7. The summed E-state index contributed by atoms with van der Waals surface area (Å²) in [4.78, 5) is 51.7. The lowest BCUT2D eigenvalue weighted by Gasteiger charge is -2.35. The highest BCUT2D eigenvalue weighted by molar-refractivity contribution is 6.16. The van der Waals surface area contributed by atoms with Crippen LogP contribution in [0.3, 0.4) is 0 Å². The van der Waals surface area contributed by atoms with Crippen LogP contribution in [-0.4, -0.2) is 63.3 Å². The summed E-state index contributed by atoms with van der Waals surface area (Å²) < 4.78 is 7.94. The first-order valence-electron chi connectivity index (χ1n) is 14.6. The number of ketones is 1. The third kappa shape index (κ3) is 5.17. The molecule has 0 unspecified atom stereocenters. The normalized spacial score (nSPS) is 17.3. The standard InChI is InChI=1S/C33H31N7O4/c1-38-20-22(29-26(8-12-35-31(29)38)39-15-9-21(10-16-39)32(42)40-13-2-3-14-40)17-28-30(41)25-18-23(6-7-27(25)44-28)36-33(43)37-24-5-4-11-34-19-24/h2-8,11-12,17-21H,9-10,13-16H2,1H3,(H2,36,37,43). The Kier molecular flexibility index (Phi) is 7.05. The van der Waals surface area contributed by atoms with Crippen LogP contribution in [0.2, 0.25) is 0 Å². The van der Waals surface area contributed by atoms with Crippen molar-refractivity contribution in [2.45, 2.75) is 12.8 Å². The Bertz CT molecular complexity index is 1830. The first-order chi connectivity index (χ1) is 21.4. The molecular formula is C33H31N7O4. The van der Waals surface area contributed by atoms with E-state index < -0.39 is 6.03 Å². The Morgan fingerprint density at radius 2 is 1.82 bits per heavy atom. The van der Waals surface area contributed by atoms with Gasteiger partial charge in [0.25, 0.3) is 0 Å². The van der Waals surface area contributed by atoms with E-state index in [-0.39, 0.29) is 23.4 Å². The second kappa shape index (κ2) is 11.3. The smallest absolute Gasteiger partial charge is 0.323 e. The lowest BCUT2D eigenvalue weighted by molar-refractivity contribution is -0.134. The SMILES string of the molecule is Cn1cc(C=C2Oc3ccc(NC(=O)Nc4cccnc4)cc3C2=O)c2c(N3CCC(C(=O)N4CC=CC4)CC3)ccnc21. The molecule has 1 saturated heterocycles. The molecule has 3 amide bonds. The number of fused-ring (bicyclic) bond motifs is 2. The number of carbonyl (C=O) groups is 3. The maximum Gasteiger partial charge on any atom is 0.323 e. The van der Waals surface area contributed by atoms with Crippen LogP contribution >= 0.6 is 0 Å². The van der Waals surface area contributed by atoms with E-state index >= 15 is 0 Å². The summed E-state index contributed by atoms with van der Waals surface area (Å²) in [6.07, 6.45) is 14.3. The predicted molar refractivity (Wildman–Crippen MR) is 168 cm³/mol. The van der Waals surface area contributed by atoms with Crippen LogP contribution in [0.1, 0.15) is 28.8 Å². The fraction of sp³-hybridized carbons (Fsp3) is 0.242. The molecule has 7 rings (SSSR count). The van der Waals surface area contributed by atoms with E-state index in [0.29, 0.717) is 35.8 Å². The largest absolute Gasteiger partial charge is 0.452 e. The summed E-state index contributed by atoms with van der Waals surface area (Å²) in [6, 6.07) is 9.98. The average molecular weight is 590 g/mol. The minimum atomic E-state index is -0.447. The van der Waals surface area contributed by atoms with Gasteiger partial charge in [-0.2, -0.15) is 0 Å². The maximum absolute atomic E-state index is 13.5. The van der Waals surface area contributed by atoms with Gasteiger partial charge in [0.1, 0.15) is 11.4 Å². The molecule has 0 spiro atoms. The number of rotatable bonds is 5. The molecular weight excluding hydrogens is 558 g/mol. The molecule has 44 heavy (non-hydrogen) atoms. The summed E-state index contributed by atoms with van der Waals surface area (Å²) in [5, 5.41) is 6.39. The molecule has 0 aliphatic carbocycles. The van der Waals surface area contributed by atoms with Gasteiger partial charge < -0.3 is 29.7 Å². The number of aromatic nitrogens is 3. The quantitative estimate of drug-likeness (QED) is 0.252. The van der Waals surface area contributed by atoms with Crippen molar-refractivity contribution in [3.63, 3.8) is 0 Å². The van der Waals surface area contributed by atoms with E-state index in [1.54, 1.807) is 55.0 Å². The van der Waals surface area contributed by atoms with Crippen LogP contribution in [0.4, 0.5) is 21.9 Å². The second-order valence-electron chi connectivity index (χ2n) is 11.2. The molecule has 0 saturated carbocycles. The van der Waals surface area contributed by atoms with Crippen molar-refractivity contribution < 1.29 is 19.1 Å². The lowest BCUT2D eigenvalue weighted by atomic mass is 9.94. The maximum atomic E-state index is 13.5. The Hall–Kier alpha value is -5.45. The number of carbonyl (C=O) groups excluding carboxylic acids is 3. The molecule has 2 N–H and O–H groups in total. The van der Waals surface area contributed by atoms with Crippen molar-refractivity contribution in [2.75, 3.05) is 41.7 Å². The molecule has 1 fully saturated rings. The van der Waals surface area contributed by atoms with Gasteiger partial charge in [-0.15, -0.1) is 0 Å². The number of aryl methyl sites for hydroxylation is 1. The van der Waals surface area contributed by atoms with Crippen molar-refractivity contribution in [3.8, 4) is 5.75 Å². The number of allylic oxidation sites excluding steroid dienone is 1. The highest BCUT2D eigenvalue weighted by atomic mass is 16.5. The van der Waals surface area contributed by atoms with E-state index in [9.17, 15) is 14.4 Å². The van der Waals surface area contributed by atoms with Gasteiger partial charge in [-0.1, -0.05) is 12.2 Å². The molecule has 1 aromatic carbocycles. The number of nitrogens with zero attached hydrogens (tertiary/aromatic N) is 5. The third-order valence-electron chi connectivity index (χ3n) is 8.31. The Labute approximate surface area is 253 Å². The van der Waals surface area contributed by atoms with Crippen molar-refractivity contribution in [2.24, 2.45) is 13.0 Å². The van der Waals surface area contributed by atoms with Crippen LogP contribution < -0.4 is 20.3 Å². The highest BCUT2D eigenvalue weighted by Crippen LogP contribution is 2.37. The number of amides is 3. The highest BCUT2D eigenvalue weighted by Gasteiger charge is 2.31. The number of benzene rings is 1. The van der Waals surface area contributed by atoms with Gasteiger partial charge in [0.15, 0.2) is 5.76 Å². The van der Waals surface area contributed by atoms with E-state index in [1.807, 2.05) is 40.9 Å². The van der Waals surface area contributed by atoms with Gasteiger partial charge in [-0.05, 0) is 55.3 Å². The number of hydrogen-bond donors (Lipinski definition) is 2. The molecule has 6 heterocycles. The number of piperidine rings is 1. The van der Waals surface area contributed by atoms with Gasteiger partial charge in [0.05, 0.1) is 17.4 Å². The van der Waals surface area contributed by atoms with Gasteiger partial charge in [0.2, 0.25) is 11.7 Å². The predicted octanol–water partition coefficient (Wildman–Crippen LogP) is 4.84. The van der Waals surface area contributed by atoms with Gasteiger partial charge in [-0.3, -0.25) is 14.6 Å². The zero-order chi connectivity index (χ0) is 30.2. The number of anilines is 3. The molecule has 0 atom stereocenters. The second-order valence-corrected chi connectivity index (χ2v) is 11.2. The molecule has 0 bridgehead atoms. The monoisotopic (exact) mass is 589 g/mol. The summed E-state index contributed by atoms with van der Waals surface area (Å²) in [5.74, 6) is 0.628. The number of ether oxygens (including phenoxy) is 1. The first-order valence-corrected chi connectivity index (χ1v) is 14.6. The fourth-order valence-corrected chi connectivity index (χ4v) is 6.11. The van der Waals surface area contributed by atoms with E-state index in [4.69, 9.17) is 4.74 Å². The molecule has 11 nitrogen and oxygen atoms in total. The molecule has 11 heteroatoms. The summed E-state index contributed by atoms with van der Waals surface area (Å²) in [6.45, 7) is 2.92. The molecule has 0 radical (unpaired) electrons. The molecule has 222 valence electrons. The molecule has 3 aliphatic rings. The van der Waals surface area contributed by atoms with Crippen molar-refractivity contribution in [3.05, 3.63) is 90.2 Å². The van der Waals surface area contributed by atoms with Crippen molar-refractivity contribution in [1.82, 2.24) is 19.4 Å². The van der Waals surface area contributed by atoms with E-state index in [0.717, 1.165) is 48.2 Å². The van der Waals surface area contributed by atoms with Crippen molar-refractivity contribution in [1.29, 1.82) is 0 Å². The van der Waals surface area contributed by atoms with Crippen LogP contribution in [0.25, 0.3) is 17.1 Å². The average Bonchev–Trinajstić information content (AvgIpc) is 3.77. The van der Waals surface area contributed by atoms with Crippen LogP contribution in [-0.2, 0) is 11.8 Å². The molecule has 4 aromatic rings. The zero-order valence-electron chi connectivity index (χ0n) is 24.2. The first kappa shape index (κ1) is 27.4. The van der Waals surface area contributed by atoms with Crippen LogP contribution in [0.15, 0.2) is 79.1 Å². The zero-order valence-corrected chi connectivity index (χ0v) is 24.2. The Morgan fingerprint density at radius 3 is 2.59 bits per heavy atom. The van der Waals surface area contributed by atoms with E-state index in [1.165, 1.54) is 0 Å².